The van der Waals surface area contributed by atoms with E-state index in [4.69, 9.17) is 0 Å². The van der Waals surface area contributed by atoms with Crippen LogP contribution in [0.2, 0.25) is 0 Å². The fourth-order valence-corrected chi connectivity index (χ4v) is 2.16. The van der Waals surface area contributed by atoms with E-state index in [-0.39, 0.29) is 24.5 Å². The van der Waals surface area contributed by atoms with E-state index < -0.39 is 11.8 Å². The van der Waals surface area contributed by atoms with Crippen LogP contribution in [0.25, 0.3) is 0 Å². The number of rotatable bonds is 6. The predicted octanol–water partition coefficient (Wildman–Crippen LogP) is 1.06. The van der Waals surface area contributed by atoms with E-state index >= 15 is 0 Å². The molecule has 0 aliphatic rings. The molecule has 0 aliphatic heterocycles. The minimum absolute atomic E-state index is 0.0365. The Morgan fingerprint density at radius 2 is 1.44 bits per heavy atom. The second-order valence-corrected chi connectivity index (χ2v) is 5.13. The molecule has 0 aliphatic carbocycles. The summed E-state index contributed by atoms with van der Waals surface area (Å²) in [5.74, 6) is -0.874. The molecule has 0 spiro atoms. The van der Waals surface area contributed by atoms with Crippen molar-refractivity contribution < 1.29 is 9.59 Å². The van der Waals surface area contributed by atoms with Crippen LogP contribution in [0.5, 0.6) is 0 Å². The molecule has 0 fully saturated rings. The van der Waals surface area contributed by atoms with Gasteiger partial charge in [0.1, 0.15) is 5.69 Å². The van der Waals surface area contributed by atoms with Crippen molar-refractivity contribution in [1.82, 2.24) is 30.6 Å². The molecule has 0 bridgehead atoms. The van der Waals surface area contributed by atoms with Gasteiger partial charge in [0.25, 0.3) is 11.8 Å². The third-order valence-corrected chi connectivity index (χ3v) is 3.39. The second kappa shape index (κ2) is 7.82. The van der Waals surface area contributed by atoms with E-state index in [1.165, 1.54) is 6.33 Å². The molecule has 0 saturated heterocycles. The molecule has 126 valence electrons. The summed E-state index contributed by atoms with van der Waals surface area (Å²) in [5.41, 5.74) is 1.58. The van der Waals surface area contributed by atoms with Gasteiger partial charge in [-0.1, -0.05) is 12.1 Å². The smallest absolute Gasteiger partial charge is 0.272 e. The maximum Gasteiger partial charge on any atom is 0.272 e. The van der Waals surface area contributed by atoms with Crippen LogP contribution in [-0.4, -0.2) is 31.8 Å². The Bertz CT molecular complexity index is 778. The SMILES string of the molecule is O=C(NCc1ccccn1)c1nc[nH]c1C(=O)NCc1ccccn1. The highest BCUT2D eigenvalue weighted by Gasteiger charge is 2.20. The van der Waals surface area contributed by atoms with Gasteiger partial charge in [0.05, 0.1) is 30.8 Å². The maximum atomic E-state index is 12.3. The van der Waals surface area contributed by atoms with Gasteiger partial charge in [-0.2, -0.15) is 0 Å². The summed E-state index contributed by atoms with van der Waals surface area (Å²) in [6, 6.07) is 10.9. The molecule has 3 aromatic rings. The number of nitrogens with one attached hydrogen (secondary N) is 3. The zero-order chi connectivity index (χ0) is 17.5. The molecule has 25 heavy (non-hydrogen) atoms. The highest BCUT2D eigenvalue weighted by Crippen LogP contribution is 2.04. The number of H-pyrrole nitrogens is 1. The van der Waals surface area contributed by atoms with E-state index in [1.54, 1.807) is 36.7 Å². The third kappa shape index (κ3) is 4.25. The van der Waals surface area contributed by atoms with Gasteiger partial charge in [-0.3, -0.25) is 19.6 Å². The number of hydrogen-bond acceptors (Lipinski definition) is 5. The Morgan fingerprint density at radius 1 is 0.840 bits per heavy atom. The average Bonchev–Trinajstić information content (AvgIpc) is 3.16. The normalized spacial score (nSPS) is 10.2. The standard InChI is InChI=1S/C17H16N6O2/c24-16(20-9-12-5-1-3-7-18-12)14-15(23-11-22-14)17(25)21-10-13-6-2-4-8-19-13/h1-8,11H,9-10H2,(H,20,24)(H,21,25)(H,22,23). The topological polar surface area (TPSA) is 113 Å². The minimum Gasteiger partial charge on any atom is -0.345 e. The minimum atomic E-state index is -0.449. The number of hydrogen-bond donors (Lipinski definition) is 3. The van der Waals surface area contributed by atoms with E-state index in [1.807, 2.05) is 12.1 Å². The molecule has 0 atom stereocenters. The highest BCUT2D eigenvalue weighted by atomic mass is 16.2. The van der Waals surface area contributed by atoms with Gasteiger partial charge in [0.15, 0.2) is 5.69 Å². The molecule has 3 rings (SSSR count). The van der Waals surface area contributed by atoms with Crippen LogP contribution in [0.15, 0.2) is 55.1 Å². The molecule has 3 heterocycles. The number of aromatic nitrogens is 4. The van der Waals surface area contributed by atoms with Crippen molar-refractivity contribution in [3.8, 4) is 0 Å². The van der Waals surface area contributed by atoms with Crippen LogP contribution < -0.4 is 10.6 Å². The van der Waals surface area contributed by atoms with Crippen LogP contribution in [0.4, 0.5) is 0 Å². The van der Waals surface area contributed by atoms with Gasteiger partial charge >= 0.3 is 0 Å². The molecule has 0 aromatic carbocycles. The van der Waals surface area contributed by atoms with Crippen LogP contribution in [0, 0.1) is 0 Å². The summed E-state index contributed by atoms with van der Waals surface area (Å²) >= 11 is 0. The number of aromatic amines is 1. The second-order valence-electron chi connectivity index (χ2n) is 5.13. The number of nitrogens with zero attached hydrogens (tertiary/aromatic N) is 3. The Kier molecular flexibility index (Phi) is 5.10. The van der Waals surface area contributed by atoms with Gasteiger partial charge in [-0.15, -0.1) is 0 Å². The average molecular weight is 336 g/mol. The summed E-state index contributed by atoms with van der Waals surface area (Å²) < 4.78 is 0. The summed E-state index contributed by atoms with van der Waals surface area (Å²) in [4.78, 5) is 39.4. The molecule has 0 unspecified atom stereocenters. The lowest BCUT2D eigenvalue weighted by Crippen LogP contribution is -2.29. The lowest BCUT2D eigenvalue weighted by molar-refractivity contribution is 0.0911. The van der Waals surface area contributed by atoms with Crippen molar-refractivity contribution in [1.29, 1.82) is 0 Å². The number of pyridine rings is 2. The summed E-state index contributed by atoms with van der Waals surface area (Å²) in [7, 11) is 0. The van der Waals surface area contributed by atoms with Crippen molar-refractivity contribution in [2.24, 2.45) is 0 Å². The molecule has 0 radical (unpaired) electrons. The van der Waals surface area contributed by atoms with Gasteiger partial charge in [-0.05, 0) is 24.3 Å². The molecule has 0 saturated carbocycles. The lowest BCUT2D eigenvalue weighted by Gasteiger charge is -2.06. The van der Waals surface area contributed by atoms with Crippen LogP contribution in [-0.2, 0) is 13.1 Å². The van der Waals surface area contributed by atoms with E-state index in [0.717, 1.165) is 5.69 Å². The third-order valence-electron chi connectivity index (χ3n) is 3.39. The van der Waals surface area contributed by atoms with Crippen molar-refractivity contribution in [3.63, 3.8) is 0 Å². The molecular formula is C17H16N6O2. The molecule has 8 nitrogen and oxygen atoms in total. The first kappa shape index (κ1) is 16.3. The van der Waals surface area contributed by atoms with Gasteiger partial charge in [-0.25, -0.2) is 4.98 Å². The summed E-state index contributed by atoms with van der Waals surface area (Å²) in [5, 5.41) is 5.40. The first-order valence-electron chi connectivity index (χ1n) is 7.63. The van der Waals surface area contributed by atoms with Crippen LogP contribution in [0.1, 0.15) is 32.4 Å². The van der Waals surface area contributed by atoms with Gasteiger partial charge < -0.3 is 15.6 Å². The molecule has 2 amide bonds. The maximum absolute atomic E-state index is 12.3. The van der Waals surface area contributed by atoms with Gasteiger partial charge in [0.2, 0.25) is 0 Å². The first-order chi connectivity index (χ1) is 12.2. The first-order valence-corrected chi connectivity index (χ1v) is 7.63. The quantitative estimate of drug-likeness (QED) is 0.623. The van der Waals surface area contributed by atoms with Crippen molar-refractivity contribution >= 4 is 11.8 Å². The number of carbonyl (C=O) groups excluding carboxylic acids is 2. The molecular weight excluding hydrogens is 320 g/mol. The van der Waals surface area contributed by atoms with Crippen LogP contribution in [0.3, 0.4) is 0 Å². The Morgan fingerprint density at radius 3 is 2.00 bits per heavy atom. The largest absolute Gasteiger partial charge is 0.345 e. The lowest BCUT2D eigenvalue weighted by atomic mass is 10.2. The Labute approximate surface area is 143 Å². The van der Waals surface area contributed by atoms with Gasteiger partial charge in [0, 0.05) is 12.4 Å². The number of amides is 2. The predicted molar refractivity (Wildman–Crippen MR) is 89.4 cm³/mol. The highest BCUT2D eigenvalue weighted by molar-refractivity contribution is 6.04. The number of imidazole rings is 1. The summed E-state index contributed by atoms with van der Waals surface area (Å²) in [6.45, 7) is 0.509. The Hall–Kier alpha value is -3.55. The van der Waals surface area contributed by atoms with E-state index in [0.29, 0.717) is 5.69 Å². The zero-order valence-electron chi connectivity index (χ0n) is 13.3. The Balaban J connectivity index is 1.61. The molecule has 8 heteroatoms. The summed E-state index contributed by atoms with van der Waals surface area (Å²) in [6.07, 6.45) is 4.60. The monoisotopic (exact) mass is 336 g/mol. The number of carbonyl (C=O) groups is 2. The van der Waals surface area contributed by atoms with E-state index in [9.17, 15) is 9.59 Å². The molecule has 3 N–H and O–H groups in total. The van der Waals surface area contributed by atoms with Crippen molar-refractivity contribution in [2.45, 2.75) is 13.1 Å². The van der Waals surface area contributed by atoms with E-state index in [2.05, 4.69) is 30.6 Å². The van der Waals surface area contributed by atoms with Crippen LogP contribution >= 0.6 is 0 Å². The molecule has 3 aromatic heterocycles. The van der Waals surface area contributed by atoms with Crippen molar-refractivity contribution in [3.05, 3.63) is 77.9 Å². The fraction of sp³-hybridized carbons (Fsp3) is 0.118. The zero-order valence-corrected chi connectivity index (χ0v) is 13.3. The fourth-order valence-electron chi connectivity index (χ4n) is 2.16. The van der Waals surface area contributed by atoms with Crippen molar-refractivity contribution in [2.75, 3.05) is 0 Å².